The van der Waals surface area contributed by atoms with Crippen LogP contribution in [-0.4, -0.2) is 21.6 Å². The van der Waals surface area contributed by atoms with Crippen LogP contribution in [0.5, 0.6) is 5.75 Å². The van der Waals surface area contributed by atoms with Crippen LogP contribution in [0.15, 0.2) is 53.4 Å². The molecule has 0 aromatic heterocycles. The number of ether oxygens (including phenoxy) is 1. The molecule has 1 aliphatic rings. The summed E-state index contributed by atoms with van der Waals surface area (Å²) in [6.07, 6.45) is 3.13. The van der Waals surface area contributed by atoms with E-state index in [0.29, 0.717) is 11.5 Å². The molecule has 1 aliphatic carbocycles. The van der Waals surface area contributed by atoms with Gasteiger partial charge in [-0.3, -0.25) is 0 Å². The van der Waals surface area contributed by atoms with Gasteiger partial charge in [0, 0.05) is 6.54 Å². The third-order valence-electron chi connectivity index (χ3n) is 3.79. The van der Waals surface area contributed by atoms with Crippen LogP contribution in [0.3, 0.4) is 0 Å². The highest BCUT2D eigenvalue weighted by Gasteiger charge is 2.17. The van der Waals surface area contributed by atoms with Gasteiger partial charge < -0.3 is 4.74 Å². The molecule has 0 fully saturated rings. The number of fused-ring (bicyclic) bond motifs is 1. The number of benzene rings is 2. The summed E-state index contributed by atoms with van der Waals surface area (Å²) < 4.78 is 32.6. The molecule has 0 aliphatic heterocycles. The van der Waals surface area contributed by atoms with E-state index in [1.807, 2.05) is 36.4 Å². The fourth-order valence-corrected chi connectivity index (χ4v) is 3.72. The molecule has 1 N–H and O–H groups in total. The summed E-state index contributed by atoms with van der Waals surface area (Å²) in [6, 6.07) is 14.8. The van der Waals surface area contributed by atoms with Gasteiger partial charge in [0.2, 0.25) is 10.0 Å². The van der Waals surface area contributed by atoms with Crippen molar-refractivity contribution in [2.75, 3.05) is 13.2 Å². The minimum Gasteiger partial charge on any atom is -0.492 e. The topological polar surface area (TPSA) is 55.4 Å². The van der Waals surface area contributed by atoms with Crippen LogP contribution in [0, 0.1) is 0 Å². The molecule has 116 valence electrons. The smallest absolute Gasteiger partial charge is 0.240 e. The monoisotopic (exact) mass is 317 g/mol. The number of hydrogen-bond acceptors (Lipinski definition) is 3. The van der Waals surface area contributed by atoms with Crippen molar-refractivity contribution >= 4 is 10.0 Å². The molecule has 4 nitrogen and oxygen atoms in total. The second-order valence-corrected chi connectivity index (χ2v) is 7.11. The molecule has 22 heavy (non-hydrogen) atoms. The number of sulfonamides is 1. The quantitative estimate of drug-likeness (QED) is 0.833. The van der Waals surface area contributed by atoms with Crippen molar-refractivity contribution in [1.29, 1.82) is 0 Å². The van der Waals surface area contributed by atoms with Crippen LogP contribution in [0.1, 0.15) is 17.5 Å². The third-order valence-corrected chi connectivity index (χ3v) is 5.25. The van der Waals surface area contributed by atoms with Gasteiger partial charge in [-0.05, 0) is 54.7 Å². The highest BCUT2D eigenvalue weighted by atomic mass is 32.2. The number of rotatable bonds is 6. The minimum absolute atomic E-state index is 0.244. The second-order valence-electron chi connectivity index (χ2n) is 5.34. The summed E-state index contributed by atoms with van der Waals surface area (Å²) in [4.78, 5) is 0.341. The van der Waals surface area contributed by atoms with Crippen LogP contribution < -0.4 is 9.46 Å². The van der Waals surface area contributed by atoms with Crippen LogP contribution in [-0.2, 0) is 22.9 Å². The fraction of sp³-hybridized carbons (Fsp3) is 0.294. The fourth-order valence-electron chi connectivity index (χ4n) is 2.66. The molecule has 0 saturated heterocycles. The van der Waals surface area contributed by atoms with Crippen LogP contribution in [0.4, 0.5) is 0 Å². The summed E-state index contributed by atoms with van der Waals surface area (Å²) in [5.74, 6) is 0.735. The second kappa shape index (κ2) is 6.50. The molecule has 0 bridgehead atoms. The van der Waals surface area contributed by atoms with Crippen molar-refractivity contribution in [3.63, 3.8) is 0 Å². The maximum absolute atomic E-state index is 12.3. The lowest BCUT2D eigenvalue weighted by Gasteiger charge is -2.09. The average Bonchev–Trinajstić information content (AvgIpc) is 3.00. The van der Waals surface area contributed by atoms with Gasteiger partial charge in [-0.1, -0.05) is 24.3 Å². The van der Waals surface area contributed by atoms with Gasteiger partial charge in [0.05, 0.1) is 4.90 Å². The van der Waals surface area contributed by atoms with Crippen molar-refractivity contribution in [1.82, 2.24) is 4.72 Å². The third kappa shape index (κ3) is 3.48. The van der Waals surface area contributed by atoms with E-state index in [4.69, 9.17) is 4.74 Å². The van der Waals surface area contributed by atoms with E-state index in [2.05, 4.69) is 4.72 Å². The molecule has 0 radical (unpaired) electrons. The summed E-state index contributed by atoms with van der Waals surface area (Å²) in [7, 11) is -3.47. The SMILES string of the molecule is O=S(=O)(NCCOc1ccccc1)c1ccc2c(c1)CCC2. The Hall–Kier alpha value is -1.85. The van der Waals surface area contributed by atoms with Crippen molar-refractivity contribution in [2.45, 2.75) is 24.2 Å². The summed E-state index contributed by atoms with van der Waals surface area (Å²) in [6.45, 7) is 0.544. The Balaban J connectivity index is 1.57. The maximum Gasteiger partial charge on any atom is 0.240 e. The van der Waals surface area contributed by atoms with E-state index in [1.54, 1.807) is 12.1 Å². The van der Waals surface area contributed by atoms with Crippen LogP contribution >= 0.6 is 0 Å². The summed E-state index contributed by atoms with van der Waals surface area (Å²) in [5.41, 5.74) is 2.43. The van der Waals surface area contributed by atoms with E-state index < -0.39 is 10.0 Å². The van der Waals surface area contributed by atoms with Crippen LogP contribution in [0.2, 0.25) is 0 Å². The highest BCUT2D eigenvalue weighted by Crippen LogP contribution is 2.24. The number of nitrogens with one attached hydrogen (secondary N) is 1. The average molecular weight is 317 g/mol. The molecule has 0 saturated carbocycles. The Morgan fingerprint density at radius 3 is 2.59 bits per heavy atom. The van der Waals surface area contributed by atoms with E-state index in [-0.39, 0.29) is 6.54 Å². The first-order chi connectivity index (χ1) is 10.6. The van der Waals surface area contributed by atoms with Crippen LogP contribution in [0.25, 0.3) is 0 Å². The Kier molecular flexibility index (Phi) is 4.45. The standard InChI is InChI=1S/C17H19NO3S/c19-22(20,17-10-9-14-5-4-6-15(14)13-17)18-11-12-21-16-7-2-1-3-8-16/h1-3,7-10,13,18H,4-6,11-12H2. The predicted octanol–water partition coefficient (Wildman–Crippen LogP) is 2.53. The first kappa shape index (κ1) is 15.1. The van der Waals surface area contributed by atoms with E-state index in [0.717, 1.165) is 30.6 Å². The molecule has 0 unspecified atom stereocenters. The predicted molar refractivity (Wildman–Crippen MR) is 85.6 cm³/mol. The Labute approximate surface area is 131 Å². The summed E-state index contributed by atoms with van der Waals surface area (Å²) in [5, 5.41) is 0. The Bertz CT molecular complexity index is 742. The largest absolute Gasteiger partial charge is 0.492 e. The first-order valence-corrected chi connectivity index (χ1v) is 8.93. The molecule has 0 atom stereocenters. The Morgan fingerprint density at radius 2 is 1.77 bits per heavy atom. The van der Waals surface area contributed by atoms with Gasteiger partial charge in [-0.2, -0.15) is 0 Å². The molecule has 2 aromatic rings. The molecule has 2 aromatic carbocycles. The normalized spacial score (nSPS) is 13.8. The number of hydrogen-bond donors (Lipinski definition) is 1. The maximum atomic E-state index is 12.3. The lowest BCUT2D eigenvalue weighted by Crippen LogP contribution is -2.28. The molecular weight excluding hydrogens is 298 g/mol. The highest BCUT2D eigenvalue weighted by molar-refractivity contribution is 7.89. The first-order valence-electron chi connectivity index (χ1n) is 7.44. The van der Waals surface area contributed by atoms with Crippen molar-refractivity contribution in [3.05, 3.63) is 59.7 Å². The number of para-hydroxylation sites is 1. The zero-order valence-electron chi connectivity index (χ0n) is 12.3. The number of aryl methyl sites for hydroxylation is 2. The van der Waals surface area contributed by atoms with Crippen molar-refractivity contribution in [2.24, 2.45) is 0 Å². The zero-order valence-corrected chi connectivity index (χ0v) is 13.1. The molecule has 3 rings (SSSR count). The molecule has 0 amide bonds. The molecular formula is C17H19NO3S. The van der Waals surface area contributed by atoms with Gasteiger partial charge in [-0.25, -0.2) is 13.1 Å². The van der Waals surface area contributed by atoms with Gasteiger partial charge >= 0.3 is 0 Å². The summed E-state index contributed by atoms with van der Waals surface area (Å²) >= 11 is 0. The van der Waals surface area contributed by atoms with E-state index >= 15 is 0 Å². The van der Waals surface area contributed by atoms with Crippen molar-refractivity contribution < 1.29 is 13.2 Å². The lowest BCUT2D eigenvalue weighted by molar-refractivity contribution is 0.323. The Morgan fingerprint density at radius 1 is 1.00 bits per heavy atom. The van der Waals surface area contributed by atoms with Gasteiger partial charge in [0.1, 0.15) is 12.4 Å². The zero-order chi connectivity index (χ0) is 15.4. The lowest BCUT2D eigenvalue weighted by atomic mass is 10.1. The van der Waals surface area contributed by atoms with E-state index in [1.165, 1.54) is 5.56 Å². The van der Waals surface area contributed by atoms with Gasteiger partial charge in [-0.15, -0.1) is 0 Å². The molecule has 0 heterocycles. The van der Waals surface area contributed by atoms with Gasteiger partial charge in [0.25, 0.3) is 0 Å². The molecule has 0 spiro atoms. The minimum atomic E-state index is -3.47. The van der Waals surface area contributed by atoms with Gasteiger partial charge in [0.15, 0.2) is 0 Å². The van der Waals surface area contributed by atoms with Crippen molar-refractivity contribution in [3.8, 4) is 5.75 Å². The molecule has 5 heteroatoms. The van der Waals surface area contributed by atoms with E-state index in [9.17, 15) is 8.42 Å².